The summed E-state index contributed by atoms with van der Waals surface area (Å²) in [6, 6.07) is 7.49. The van der Waals surface area contributed by atoms with Gasteiger partial charge in [-0.25, -0.2) is 4.79 Å². The largest absolute Gasteiger partial charge is 0.497 e. The molecule has 2 amide bonds. The molecule has 1 saturated heterocycles. The number of benzene rings is 1. The van der Waals surface area contributed by atoms with Gasteiger partial charge in [0.2, 0.25) is 0 Å². The van der Waals surface area contributed by atoms with Crippen molar-refractivity contribution >= 4 is 22.9 Å². The minimum absolute atomic E-state index is 0.0561. The Hall–Kier alpha value is -2.83. The first-order chi connectivity index (χ1) is 12.5. The Kier molecular flexibility index (Phi) is 5.25. The van der Waals surface area contributed by atoms with E-state index in [1.165, 1.54) is 7.11 Å². The van der Waals surface area contributed by atoms with E-state index in [1.54, 1.807) is 16.9 Å². The molecule has 0 unspecified atom stereocenters. The number of pyridine rings is 1. The SMILES string of the molecule is COC(=O)N1CCCN(C(=O)c2cc3ccc(OC)cc3nc2C)CC1. The average molecular weight is 357 g/mol. The van der Waals surface area contributed by atoms with E-state index in [-0.39, 0.29) is 12.0 Å². The highest BCUT2D eigenvalue weighted by molar-refractivity contribution is 5.98. The van der Waals surface area contributed by atoms with Gasteiger partial charge < -0.3 is 19.3 Å². The molecule has 2 heterocycles. The number of carbonyl (C=O) groups excluding carboxylic acids is 2. The molecule has 0 saturated carbocycles. The molecule has 1 fully saturated rings. The lowest BCUT2D eigenvalue weighted by Gasteiger charge is -2.22. The van der Waals surface area contributed by atoms with Crippen molar-refractivity contribution in [3.8, 4) is 5.75 Å². The highest BCUT2D eigenvalue weighted by atomic mass is 16.5. The zero-order valence-electron chi connectivity index (χ0n) is 15.3. The van der Waals surface area contributed by atoms with Crippen molar-refractivity contribution in [3.05, 3.63) is 35.5 Å². The number of fused-ring (bicyclic) bond motifs is 1. The van der Waals surface area contributed by atoms with E-state index in [0.717, 1.165) is 23.1 Å². The molecule has 7 heteroatoms. The van der Waals surface area contributed by atoms with Crippen LogP contribution in [0.1, 0.15) is 22.5 Å². The smallest absolute Gasteiger partial charge is 0.409 e. The second-order valence-electron chi connectivity index (χ2n) is 6.28. The summed E-state index contributed by atoms with van der Waals surface area (Å²) in [6.07, 6.45) is 0.370. The number of rotatable bonds is 2. The van der Waals surface area contributed by atoms with Crippen LogP contribution >= 0.6 is 0 Å². The number of ether oxygens (including phenoxy) is 2. The van der Waals surface area contributed by atoms with E-state index in [2.05, 4.69) is 4.98 Å². The van der Waals surface area contributed by atoms with Crippen LogP contribution in [0, 0.1) is 6.92 Å². The minimum atomic E-state index is -0.350. The quantitative estimate of drug-likeness (QED) is 0.826. The number of methoxy groups -OCH3 is 2. The Balaban J connectivity index is 1.83. The summed E-state index contributed by atoms with van der Waals surface area (Å²) in [5, 5.41) is 0.894. The Morgan fingerprint density at radius 3 is 2.50 bits per heavy atom. The third kappa shape index (κ3) is 3.56. The molecule has 26 heavy (non-hydrogen) atoms. The van der Waals surface area contributed by atoms with Crippen LogP contribution in [0.3, 0.4) is 0 Å². The lowest BCUT2D eigenvalue weighted by atomic mass is 10.1. The van der Waals surface area contributed by atoms with Gasteiger partial charge in [-0.1, -0.05) is 0 Å². The average Bonchev–Trinajstić information content (AvgIpc) is 2.92. The number of hydrogen-bond acceptors (Lipinski definition) is 5. The van der Waals surface area contributed by atoms with E-state index in [9.17, 15) is 9.59 Å². The molecule has 1 aliphatic rings. The Morgan fingerprint density at radius 2 is 1.77 bits per heavy atom. The number of amides is 2. The highest BCUT2D eigenvalue weighted by Gasteiger charge is 2.24. The molecular formula is C19H23N3O4. The summed E-state index contributed by atoms with van der Waals surface area (Å²) in [6.45, 7) is 3.98. The van der Waals surface area contributed by atoms with Crippen LogP contribution in [0.15, 0.2) is 24.3 Å². The summed E-state index contributed by atoms with van der Waals surface area (Å²) in [5.41, 5.74) is 2.07. The van der Waals surface area contributed by atoms with Crippen LogP contribution in [-0.4, -0.2) is 67.2 Å². The Labute approximate surface area is 152 Å². The van der Waals surface area contributed by atoms with Crippen molar-refractivity contribution in [1.82, 2.24) is 14.8 Å². The van der Waals surface area contributed by atoms with E-state index in [1.807, 2.05) is 31.2 Å². The highest BCUT2D eigenvalue weighted by Crippen LogP contribution is 2.23. The standard InChI is InChI=1S/C19H23N3O4/c1-13-16(11-14-5-6-15(25-2)12-17(14)20-13)18(23)21-7-4-8-22(10-9-21)19(24)26-3/h5-6,11-12H,4,7-10H2,1-3H3. The Bertz CT molecular complexity index is 837. The zero-order valence-corrected chi connectivity index (χ0v) is 15.3. The fraction of sp³-hybridized carbons (Fsp3) is 0.421. The maximum Gasteiger partial charge on any atom is 0.409 e. The van der Waals surface area contributed by atoms with Crippen molar-refractivity contribution in [2.75, 3.05) is 40.4 Å². The van der Waals surface area contributed by atoms with Gasteiger partial charge in [-0.3, -0.25) is 9.78 Å². The van der Waals surface area contributed by atoms with Gasteiger partial charge in [-0.15, -0.1) is 0 Å². The first-order valence-corrected chi connectivity index (χ1v) is 8.61. The van der Waals surface area contributed by atoms with Crippen LogP contribution < -0.4 is 4.74 Å². The van der Waals surface area contributed by atoms with E-state index < -0.39 is 0 Å². The van der Waals surface area contributed by atoms with Gasteiger partial charge in [-0.2, -0.15) is 0 Å². The fourth-order valence-electron chi connectivity index (χ4n) is 3.19. The molecule has 7 nitrogen and oxygen atoms in total. The van der Waals surface area contributed by atoms with Crippen molar-refractivity contribution < 1.29 is 19.1 Å². The number of aryl methyl sites for hydroxylation is 1. The summed E-state index contributed by atoms with van der Waals surface area (Å²) in [4.78, 5) is 32.7. The van der Waals surface area contributed by atoms with Gasteiger partial charge in [0, 0.05) is 37.6 Å². The molecule has 1 aromatic carbocycles. The number of aromatic nitrogens is 1. The van der Waals surface area contributed by atoms with Crippen molar-refractivity contribution in [3.63, 3.8) is 0 Å². The molecule has 0 aliphatic carbocycles. The normalized spacial score (nSPS) is 14.9. The van der Waals surface area contributed by atoms with E-state index in [0.29, 0.717) is 37.4 Å². The molecular weight excluding hydrogens is 334 g/mol. The van der Waals surface area contributed by atoms with Crippen LogP contribution in [-0.2, 0) is 4.74 Å². The number of carbonyl (C=O) groups is 2. The molecule has 1 aliphatic heterocycles. The molecule has 3 rings (SSSR count). The molecule has 0 spiro atoms. The van der Waals surface area contributed by atoms with Crippen molar-refractivity contribution in [2.45, 2.75) is 13.3 Å². The maximum absolute atomic E-state index is 13.0. The monoisotopic (exact) mass is 357 g/mol. The molecule has 0 atom stereocenters. The van der Waals surface area contributed by atoms with Crippen LogP contribution in [0.25, 0.3) is 10.9 Å². The summed E-state index contributed by atoms with van der Waals surface area (Å²) in [5.74, 6) is 0.679. The Morgan fingerprint density at radius 1 is 1.04 bits per heavy atom. The topological polar surface area (TPSA) is 72.0 Å². The second-order valence-corrected chi connectivity index (χ2v) is 6.28. The predicted octanol–water partition coefficient (Wildman–Crippen LogP) is 2.47. The maximum atomic E-state index is 13.0. The van der Waals surface area contributed by atoms with Gasteiger partial charge in [0.1, 0.15) is 5.75 Å². The predicted molar refractivity (Wildman–Crippen MR) is 97.5 cm³/mol. The molecule has 2 aromatic rings. The lowest BCUT2D eigenvalue weighted by molar-refractivity contribution is 0.0756. The van der Waals surface area contributed by atoms with E-state index >= 15 is 0 Å². The van der Waals surface area contributed by atoms with Gasteiger partial charge in [0.15, 0.2) is 0 Å². The number of nitrogens with zero attached hydrogens (tertiary/aromatic N) is 3. The van der Waals surface area contributed by atoms with Crippen molar-refractivity contribution in [1.29, 1.82) is 0 Å². The molecule has 1 aromatic heterocycles. The molecule has 0 bridgehead atoms. The minimum Gasteiger partial charge on any atom is -0.497 e. The van der Waals surface area contributed by atoms with Gasteiger partial charge in [0.25, 0.3) is 5.91 Å². The van der Waals surface area contributed by atoms with E-state index in [4.69, 9.17) is 9.47 Å². The van der Waals surface area contributed by atoms with Crippen LogP contribution in [0.4, 0.5) is 4.79 Å². The second kappa shape index (κ2) is 7.59. The summed E-state index contributed by atoms with van der Waals surface area (Å²) in [7, 11) is 2.98. The van der Waals surface area contributed by atoms with Crippen LogP contribution in [0.2, 0.25) is 0 Å². The van der Waals surface area contributed by atoms with Gasteiger partial charge in [-0.05, 0) is 31.5 Å². The lowest BCUT2D eigenvalue weighted by Crippen LogP contribution is -2.37. The molecule has 0 radical (unpaired) electrons. The van der Waals surface area contributed by atoms with Crippen molar-refractivity contribution in [2.24, 2.45) is 0 Å². The third-order valence-electron chi connectivity index (χ3n) is 4.66. The molecule has 0 N–H and O–H groups in total. The summed E-state index contributed by atoms with van der Waals surface area (Å²) >= 11 is 0. The first kappa shape index (κ1) is 18.0. The first-order valence-electron chi connectivity index (χ1n) is 8.61. The number of hydrogen-bond donors (Lipinski definition) is 0. The summed E-state index contributed by atoms with van der Waals surface area (Å²) < 4.78 is 10.0. The zero-order chi connectivity index (χ0) is 18.7. The van der Waals surface area contributed by atoms with Gasteiger partial charge in [0.05, 0.1) is 31.0 Å². The van der Waals surface area contributed by atoms with Gasteiger partial charge >= 0.3 is 6.09 Å². The third-order valence-corrected chi connectivity index (χ3v) is 4.66. The van der Waals surface area contributed by atoms with Crippen LogP contribution in [0.5, 0.6) is 5.75 Å². The molecule has 138 valence electrons. The fourth-order valence-corrected chi connectivity index (χ4v) is 3.19.